The van der Waals surface area contributed by atoms with Crippen LogP contribution < -0.4 is 15.8 Å². The highest BCUT2D eigenvalue weighted by molar-refractivity contribution is 5.71. The van der Waals surface area contributed by atoms with Crippen LogP contribution in [0.25, 0.3) is 0 Å². The van der Waals surface area contributed by atoms with E-state index in [1.165, 1.54) is 0 Å². The maximum absolute atomic E-state index is 10.3. The molecule has 1 aromatic heterocycles. The average molecular weight is 181 g/mol. The third-order valence-electron chi connectivity index (χ3n) is 1.29. The summed E-state index contributed by atoms with van der Waals surface area (Å²) in [6.45, 7) is 0.742. The summed E-state index contributed by atoms with van der Waals surface area (Å²) in [6.07, 6.45) is 1.64. The fourth-order valence-corrected chi connectivity index (χ4v) is 0.762. The zero-order valence-corrected chi connectivity index (χ0v) is 7.06. The smallest absolute Gasteiger partial charge is 0.312 e. The average Bonchev–Trinajstić information content (AvgIpc) is 2.14. The van der Waals surface area contributed by atoms with Gasteiger partial charge in [0.25, 0.3) is 0 Å². The van der Waals surface area contributed by atoms with Gasteiger partial charge in [0.05, 0.1) is 6.54 Å². The first kappa shape index (κ1) is 9.31. The lowest BCUT2D eigenvalue weighted by Gasteiger charge is -2.04. The predicted octanol–water partition coefficient (Wildman–Crippen LogP) is 0.129. The Morgan fingerprint density at radius 3 is 3.08 bits per heavy atom. The predicted molar refractivity (Wildman–Crippen MR) is 47.3 cm³/mol. The third-order valence-corrected chi connectivity index (χ3v) is 1.29. The van der Waals surface area contributed by atoms with E-state index in [2.05, 4.69) is 10.3 Å². The molecule has 0 bridgehead atoms. The molecule has 0 saturated heterocycles. The highest BCUT2D eigenvalue weighted by atomic mass is 16.5. The van der Waals surface area contributed by atoms with Gasteiger partial charge in [0.15, 0.2) is 0 Å². The summed E-state index contributed by atoms with van der Waals surface area (Å²) in [7, 11) is 0. The number of hydrogen-bond donors (Lipinski definition) is 2. The van der Waals surface area contributed by atoms with Crippen molar-refractivity contribution in [2.24, 2.45) is 5.73 Å². The first-order valence-corrected chi connectivity index (χ1v) is 3.86. The van der Waals surface area contributed by atoms with E-state index in [0.717, 1.165) is 0 Å². The topological polar surface area (TPSA) is 77.2 Å². The summed E-state index contributed by atoms with van der Waals surface area (Å²) in [5.74, 6) is 0.536. The second-order valence-corrected chi connectivity index (χ2v) is 2.31. The molecule has 1 aromatic rings. The molecule has 0 aromatic carbocycles. The number of carbonyl (C=O) groups is 1. The molecule has 0 fully saturated rings. The third kappa shape index (κ3) is 3.95. The molecule has 0 atom stereocenters. The fourth-order valence-electron chi connectivity index (χ4n) is 0.762. The van der Waals surface area contributed by atoms with Gasteiger partial charge in [0, 0.05) is 12.3 Å². The van der Waals surface area contributed by atoms with Crippen LogP contribution in [0, 0.1) is 0 Å². The number of nitrogens with one attached hydrogen (secondary N) is 1. The minimum Gasteiger partial charge on any atom is -0.476 e. The number of primary amides is 1. The lowest BCUT2D eigenvalue weighted by molar-refractivity contribution is 0.243. The van der Waals surface area contributed by atoms with Gasteiger partial charge in [-0.1, -0.05) is 6.07 Å². The summed E-state index contributed by atoms with van der Waals surface area (Å²) in [5, 5.41) is 2.40. The molecule has 2 amide bonds. The lowest BCUT2D eigenvalue weighted by Crippen LogP contribution is -2.32. The van der Waals surface area contributed by atoms with Crippen molar-refractivity contribution in [3.63, 3.8) is 0 Å². The molecule has 5 heteroatoms. The van der Waals surface area contributed by atoms with Gasteiger partial charge < -0.3 is 15.8 Å². The number of carbonyl (C=O) groups excluding carboxylic acids is 1. The monoisotopic (exact) mass is 181 g/mol. The first-order chi connectivity index (χ1) is 6.29. The normalized spacial score (nSPS) is 9.23. The maximum Gasteiger partial charge on any atom is 0.312 e. The molecule has 0 aliphatic rings. The van der Waals surface area contributed by atoms with Gasteiger partial charge >= 0.3 is 6.03 Å². The second kappa shape index (κ2) is 4.97. The molecule has 0 aliphatic heterocycles. The molecule has 13 heavy (non-hydrogen) atoms. The number of nitrogens with zero attached hydrogens (tertiary/aromatic N) is 1. The highest BCUT2D eigenvalue weighted by Crippen LogP contribution is 2.01. The summed E-state index contributed by atoms with van der Waals surface area (Å²) >= 11 is 0. The Bertz CT molecular complexity index is 263. The van der Waals surface area contributed by atoms with Crippen LogP contribution >= 0.6 is 0 Å². The van der Waals surface area contributed by atoms with Crippen LogP contribution in [0.5, 0.6) is 5.88 Å². The minimum absolute atomic E-state index is 0.361. The van der Waals surface area contributed by atoms with Crippen LogP contribution in [0.15, 0.2) is 24.4 Å². The van der Waals surface area contributed by atoms with Crippen molar-refractivity contribution in [3.05, 3.63) is 24.4 Å². The molecular weight excluding hydrogens is 170 g/mol. The molecule has 0 saturated carbocycles. The molecule has 70 valence electrons. The molecule has 3 N–H and O–H groups in total. The van der Waals surface area contributed by atoms with E-state index in [0.29, 0.717) is 19.0 Å². The Hall–Kier alpha value is -1.78. The molecule has 5 nitrogen and oxygen atoms in total. The van der Waals surface area contributed by atoms with Crippen molar-refractivity contribution in [2.75, 3.05) is 13.2 Å². The summed E-state index contributed by atoms with van der Waals surface area (Å²) in [6, 6.07) is 4.81. The first-order valence-electron chi connectivity index (χ1n) is 3.86. The number of hydrogen-bond acceptors (Lipinski definition) is 3. The molecule has 1 rings (SSSR count). The molecule has 1 heterocycles. The van der Waals surface area contributed by atoms with Gasteiger partial charge in [-0.2, -0.15) is 0 Å². The number of aromatic nitrogens is 1. The number of ether oxygens (including phenoxy) is 1. The maximum atomic E-state index is 10.3. The Morgan fingerprint density at radius 1 is 1.62 bits per heavy atom. The van der Waals surface area contributed by atoms with Crippen molar-refractivity contribution in [1.82, 2.24) is 10.3 Å². The molecule has 0 aliphatic carbocycles. The SMILES string of the molecule is NC(=O)NCCOc1ccccn1. The van der Waals surface area contributed by atoms with E-state index in [1.54, 1.807) is 18.3 Å². The zero-order chi connectivity index (χ0) is 9.52. The zero-order valence-electron chi connectivity index (χ0n) is 7.06. The Morgan fingerprint density at radius 2 is 2.46 bits per heavy atom. The second-order valence-electron chi connectivity index (χ2n) is 2.31. The van der Waals surface area contributed by atoms with E-state index in [4.69, 9.17) is 10.5 Å². The van der Waals surface area contributed by atoms with Gasteiger partial charge in [-0.3, -0.25) is 0 Å². The van der Waals surface area contributed by atoms with Crippen molar-refractivity contribution in [2.45, 2.75) is 0 Å². The van der Waals surface area contributed by atoms with Crippen LogP contribution in [0.3, 0.4) is 0 Å². The molecule has 0 spiro atoms. The van der Waals surface area contributed by atoms with Gasteiger partial charge in [0.2, 0.25) is 5.88 Å². The van der Waals surface area contributed by atoms with Crippen LogP contribution in [0.4, 0.5) is 4.79 Å². The van der Waals surface area contributed by atoms with Crippen LogP contribution in [0.1, 0.15) is 0 Å². The van der Waals surface area contributed by atoms with Crippen molar-refractivity contribution in [1.29, 1.82) is 0 Å². The largest absolute Gasteiger partial charge is 0.476 e. The van der Waals surface area contributed by atoms with Gasteiger partial charge in [0.1, 0.15) is 6.61 Å². The molecule has 0 radical (unpaired) electrons. The van der Waals surface area contributed by atoms with Crippen molar-refractivity contribution in [3.8, 4) is 5.88 Å². The van der Waals surface area contributed by atoms with Crippen LogP contribution in [0.2, 0.25) is 0 Å². The molecular formula is C8H11N3O2. The van der Waals surface area contributed by atoms with E-state index in [1.807, 2.05) is 6.07 Å². The fraction of sp³-hybridized carbons (Fsp3) is 0.250. The van der Waals surface area contributed by atoms with Gasteiger partial charge in [-0.15, -0.1) is 0 Å². The van der Waals surface area contributed by atoms with Crippen molar-refractivity contribution < 1.29 is 9.53 Å². The number of urea groups is 1. The Labute approximate surface area is 75.9 Å². The van der Waals surface area contributed by atoms with Crippen LogP contribution in [-0.4, -0.2) is 24.2 Å². The van der Waals surface area contributed by atoms with Gasteiger partial charge in [-0.25, -0.2) is 9.78 Å². The minimum atomic E-state index is -0.551. The number of amides is 2. The standard InChI is InChI=1S/C8H11N3O2/c9-8(12)11-5-6-13-7-3-1-2-4-10-7/h1-4H,5-6H2,(H3,9,11,12). The highest BCUT2D eigenvalue weighted by Gasteiger charge is 1.93. The number of rotatable bonds is 4. The summed E-state index contributed by atoms with van der Waals surface area (Å²) in [4.78, 5) is 14.2. The van der Waals surface area contributed by atoms with E-state index >= 15 is 0 Å². The number of nitrogens with two attached hydrogens (primary N) is 1. The van der Waals surface area contributed by atoms with Crippen LogP contribution in [-0.2, 0) is 0 Å². The Kier molecular flexibility index (Phi) is 3.56. The summed E-state index contributed by atoms with van der Waals surface area (Å²) in [5.41, 5.74) is 4.85. The van der Waals surface area contributed by atoms with Gasteiger partial charge in [-0.05, 0) is 6.07 Å². The van der Waals surface area contributed by atoms with Crippen molar-refractivity contribution >= 4 is 6.03 Å². The van der Waals surface area contributed by atoms with E-state index < -0.39 is 6.03 Å². The van der Waals surface area contributed by atoms with E-state index in [-0.39, 0.29) is 0 Å². The quantitative estimate of drug-likeness (QED) is 0.648. The Balaban J connectivity index is 2.17. The number of pyridine rings is 1. The molecule has 0 unspecified atom stereocenters. The lowest BCUT2D eigenvalue weighted by atomic mass is 10.5. The van der Waals surface area contributed by atoms with E-state index in [9.17, 15) is 4.79 Å². The summed E-state index contributed by atoms with van der Waals surface area (Å²) < 4.78 is 5.18.